The van der Waals surface area contributed by atoms with Gasteiger partial charge in [0.1, 0.15) is 22.9 Å². The van der Waals surface area contributed by atoms with Gasteiger partial charge < -0.3 is 36.6 Å². The van der Waals surface area contributed by atoms with Gasteiger partial charge in [-0.1, -0.05) is 24.5 Å². The standard InChI is InChI=1S/C34H59N11O3/c1-34(2,3)48-31(46)13-7-8-18-38-32(47)26-14-21-44(22-15-26)30-23-29(35)40-33(41-30)39-24-28-25-45(43-42-28)20-10-17-36-16-9-19-37-27-11-5-4-6-12-27/h23,25-27,36-37H,4-22,24H2,1-3H3,(H,38,47)(H3,35,39,40,41). The summed E-state index contributed by atoms with van der Waals surface area (Å²) in [4.78, 5) is 35.8. The number of nitrogens with zero attached hydrogens (tertiary/aromatic N) is 6. The number of esters is 1. The number of hydrogen-bond donors (Lipinski definition) is 5. The molecule has 2 aliphatic rings. The molecule has 0 bridgehead atoms. The van der Waals surface area contributed by atoms with E-state index < -0.39 is 5.60 Å². The molecule has 0 atom stereocenters. The number of aromatic nitrogens is 5. The van der Waals surface area contributed by atoms with E-state index in [0.29, 0.717) is 50.8 Å². The average molecular weight is 670 g/mol. The summed E-state index contributed by atoms with van der Waals surface area (Å²) in [6.45, 7) is 11.9. The van der Waals surface area contributed by atoms with Crippen LogP contribution in [-0.2, 0) is 27.4 Å². The number of unbranched alkanes of at least 4 members (excludes halogenated alkanes) is 1. The van der Waals surface area contributed by atoms with E-state index in [1.165, 1.54) is 32.1 Å². The van der Waals surface area contributed by atoms with Gasteiger partial charge in [-0.05, 0) is 91.8 Å². The number of rotatable bonds is 19. The van der Waals surface area contributed by atoms with E-state index in [1.807, 2.05) is 31.6 Å². The summed E-state index contributed by atoms with van der Waals surface area (Å²) in [5, 5.41) is 22.1. The van der Waals surface area contributed by atoms with Crippen LogP contribution in [0.1, 0.15) is 104 Å². The Hall–Kier alpha value is -3.52. The SMILES string of the molecule is CC(C)(C)OC(=O)CCCCNC(=O)C1CCN(c2cc(N)nc(NCc3cn(CCCNCCCNC4CCCCC4)nn3)n2)CC1. The van der Waals surface area contributed by atoms with E-state index in [2.05, 4.69) is 41.5 Å². The van der Waals surface area contributed by atoms with Crippen molar-refractivity contribution in [2.24, 2.45) is 5.92 Å². The largest absolute Gasteiger partial charge is 0.460 e. The monoisotopic (exact) mass is 669 g/mol. The Bertz CT molecular complexity index is 1250. The average Bonchev–Trinajstić information content (AvgIpc) is 3.52. The van der Waals surface area contributed by atoms with E-state index in [1.54, 1.807) is 6.07 Å². The fourth-order valence-corrected chi connectivity index (χ4v) is 6.22. The van der Waals surface area contributed by atoms with Crippen molar-refractivity contribution in [1.82, 2.24) is 40.9 Å². The number of piperidine rings is 1. The van der Waals surface area contributed by atoms with Crippen molar-refractivity contribution in [1.29, 1.82) is 0 Å². The molecule has 1 amide bonds. The first kappa shape index (κ1) is 37.3. The Labute approximate surface area is 286 Å². The topological polar surface area (TPSA) is 177 Å². The summed E-state index contributed by atoms with van der Waals surface area (Å²) in [6, 6.07) is 2.50. The van der Waals surface area contributed by atoms with Gasteiger partial charge in [-0.25, -0.2) is 0 Å². The molecule has 1 aliphatic heterocycles. The minimum atomic E-state index is -0.471. The van der Waals surface area contributed by atoms with E-state index in [-0.39, 0.29) is 17.8 Å². The fourth-order valence-electron chi connectivity index (χ4n) is 6.22. The molecule has 4 rings (SSSR count). The maximum Gasteiger partial charge on any atom is 0.306 e. The quantitative estimate of drug-likeness (QED) is 0.109. The van der Waals surface area contributed by atoms with Crippen molar-refractivity contribution < 1.29 is 14.3 Å². The van der Waals surface area contributed by atoms with Gasteiger partial charge in [0.25, 0.3) is 0 Å². The van der Waals surface area contributed by atoms with Crippen LogP contribution >= 0.6 is 0 Å². The van der Waals surface area contributed by atoms with Crippen LogP contribution in [0.2, 0.25) is 0 Å². The van der Waals surface area contributed by atoms with Crippen molar-refractivity contribution in [2.45, 2.75) is 123 Å². The molecule has 2 aromatic heterocycles. The van der Waals surface area contributed by atoms with Crippen molar-refractivity contribution in [3.8, 4) is 0 Å². The van der Waals surface area contributed by atoms with Crippen LogP contribution in [0, 0.1) is 5.92 Å². The maximum atomic E-state index is 12.7. The van der Waals surface area contributed by atoms with Gasteiger partial charge in [-0.3, -0.25) is 14.3 Å². The van der Waals surface area contributed by atoms with Crippen LogP contribution in [0.15, 0.2) is 12.3 Å². The Kier molecular flexibility index (Phi) is 15.1. The Balaban J connectivity index is 1.08. The van der Waals surface area contributed by atoms with Gasteiger partial charge in [0.15, 0.2) is 0 Å². The maximum absolute atomic E-state index is 12.7. The molecule has 6 N–H and O–H groups in total. The number of nitrogens with one attached hydrogen (secondary N) is 4. The lowest BCUT2D eigenvalue weighted by molar-refractivity contribution is -0.154. The van der Waals surface area contributed by atoms with Crippen molar-refractivity contribution in [3.05, 3.63) is 18.0 Å². The summed E-state index contributed by atoms with van der Waals surface area (Å²) >= 11 is 0. The summed E-state index contributed by atoms with van der Waals surface area (Å²) in [5.41, 5.74) is 6.47. The predicted octanol–water partition coefficient (Wildman–Crippen LogP) is 3.40. The lowest BCUT2D eigenvalue weighted by Gasteiger charge is -2.32. The molecular weight excluding hydrogens is 610 g/mol. The highest BCUT2D eigenvalue weighted by Crippen LogP contribution is 2.24. The van der Waals surface area contributed by atoms with E-state index in [0.717, 1.165) is 75.8 Å². The number of nitrogens with two attached hydrogens (primary N) is 1. The zero-order valence-electron chi connectivity index (χ0n) is 29.4. The summed E-state index contributed by atoms with van der Waals surface area (Å²) in [5.74, 6) is 1.39. The molecule has 0 spiro atoms. The van der Waals surface area contributed by atoms with Crippen LogP contribution in [-0.4, -0.2) is 87.7 Å². The van der Waals surface area contributed by atoms with E-state index in [4.69, 9.17) is 15.5 Å². The molecule has 0 radical (unpaired) electrons. The first-order valence-electron chi connectivity index (χ1n) is 18.1. The zero-order valence-corrected chi connectivity index (χ0v) is 29.4. The first-order valence-corrected chi connectivity index (χ1v) is 18.1. The predicted molar refractivity (Wildman–Crippen MR) is 188 cm³/mol. The van der Waals surface area contributed by atoms with Gasteiger partial charge in [0.2, 0.25) is 11.9 Å². The molecule has 1 saturated heterocycles. The van der Waals surface area contributed by atoms with Crippen LogP contribution in [0.5, 0.6) is 0 Å². The molecule has 1 aliphatic carbocycles. The third-order valence-corrected chi connectivity index (χ3v) is 8.77. The van der Waals surface area contributed by atoms with Crippen molar-refractivity contribution in [3.63, 3.8) is 0 Å². The van der Waals surface area contributed by atoms with Crippen LogP contribution in [0.25, 0.3) is 0 Å². The van der Waals surface area contributed by atoms with Crippen LogP contribution < -0.4 is 31.9 Å². The van der Waals surface area contributed by atoms with Crippen LogP contribution in [0.4, 0.5) is 17.6 Å². The third kappa shape index (κ3) is 13.9. The van der Waals surface area contributed by atoms with Gasteiger partial charge in [0.05, 0.1) is 12.7 Å². The normalized spacial score (nSPS) is 16.2. The number of amides is 1. The number of nitrogen functional groups attached to an aromatic ring is 1. The second-order valence-electron chi connectivity index (χ2n) is 14.1. The second-order valence-corrected chi connectivity index (χ2v) is 14.1. The number of anilines is 3. The number of hydrogen-bond acceptors (Lipinski definition) is 12. The van der Waals surface area contributed by atoms with E-state index >= 15 is 0 Å². The number of aryl methyl sites for hydroxylation is 1. The summed E-state index contributed by atoms with van der Waals surface area (Å²) in [7, 11) is 0. The lowest BCUT2D eigenvalue weighted by atomic mass is 9.95. The number of carbonyl (C=O) groups excluding carboxylic acids is 2. The van der Waals surface area contributed by atoms with Gasteiger partial charge >= 0.3 is 5.97 Å². The minimum Gasteiger partial charge on any atom is -0.460 e. The highest BCUT2D eigenvalue weighted by Gasteiger charge is 2.26. The molecule has 3 heterocycles. The zero-order chi connectivity index (χ0) is 34.2. The van der Waals surface area contributed by atoms with Crippen LogP contribution in [0.3, 0.4) is 0 Å². The Morgan fingerprint density at radius 3 is 2.50 bits per heavy atom. The summed E-state index contributed by atoms with van der Waals surface area (Å²) in [6.07, 6.45) is 14.2. The van der Waals surface area contributed by atoms with Gasteiger partial charge in [-0.2, -0.15) is 9.97 Å². The van der Waals surface area contributed by atoms with Gasteiger partial charge in [-0.15, -0.1) is 5.10 Å². The highest BCUT2D eigenvalue weighted by atomic mass is 16.6. The van der Waals surface area contributed by atoms with Crippen molar-refractivity contribution in [2.75, 3.05) is 55.2 Å². The minimum absolute atomic E-state index is 0.0458. The Morgan fingerprint density at radius 1 is 0.958 bits per heavy atom. The molecular formula is C34H59N11O3. The highest BCUT2D eigenvalue weighted by molar-refractivity contribution is 5.79. The first-order chi connectivity index (χ1) is 23.1. The number of ether oxygens (including phenoxy) is 1. The molecule has 0 unspecified atom stereocenters. The fraction of sp³-hybridized carbons (Fsp3) is 0.765. The van der Waals surface area contributed by atoms with Gasteiger partial charge in [0, 0.05) is 50.6 Å². The molecule has 48 heavy (non-hydrogen) atoms. The summed E-state index contributed by atoms with van der Waals surface area (Å²) < 4.78 is 7.21. The molecule has 14 heteroatoms. The molecule has 2 fully saturated rings. The lowest BCUT2D eigenvalue weighted by Crippen LogP contribution is -2.41. The molecule has 14 nitrogen and oxygen atoms in total. The second kappa shape index (κ2) is 19.5. The molecule has 2 aromatic rings. The number of carbonyl (C=O) groups is 2. The van der Waals surface area contributed by atoms with E-state index in [9.17, 15) is 9.59 Å². The van der Waals surface area contributed by atoms with Crippen molar-refractivity contribution >= 4 is 29.5 Å². The molecule has 1 saturated carbocycles. The molecule has 0 aromatic carbocycles. The molecule has 268 valence electrons. The smallest absolute Gasteiger partial charge is 0.306 e. The Morgan fingerprint density at radius 2 is 1.73 bits per heavy atom. The third-order valence-electron chi connectivity index (χ3n) is 8.77.